The summed E-state index contributed by atoms with van der Waals surface area (Å²) in [5.41, 5.74) is 1.34. The Morgan fingerprint density at radius 1 is 1.12 bits per heavy atom. The van der Waals surface area contributed by atoms with Gasteiger partial charge in [-0.1, -0.05) is 13.0 Å². The summed E-state index contributed by atoms with van der Waals surface area (Å²) in [4.78, 5) is 26.4. The number of sulfonamides is 1. The molecule has 10 heteroatoms. The fourth-order valence-electron chi connectivity index (χ4n) is 4.35. The fourth-order valence-corrected chi connectivity index (χ4v) is 7.62. The Balaban J connectivity index is 1.65. The van der Waals surface area contributed by atoms with Gasteiger partial charge in [0.05, 0.1) is 6.54 Å². The van der Waals surface area contributed by atoms with Crippen molar-refractivity contribution in [1.29, 1.82) is 0 Å². The molecule has 178 valence electrons. The molecule has 1 saturated heterocycles. The average Bonchev–Trinajstić information content (AvgIpc) is 3.43. The second-order valence-corrected chi connectivity index (χ2v) is 11.6. The molecule has 4 rings (SSSR count). The molecule has 0 radical (unpaired) electrons. The van der Waals surface area contributed by atoms with Gasteiger partial charge in [-0.05, 0) is 56.0 Å². The highest BCUT2D eigenvalue weighted by molar-refractivity contribution is 7.91. The Kier molecular flexibility index (Phi) is 7.06. The van der Waals surface area contributed by atoms with E-state index >= 15 is 0 Å². The summed E-state index contributed by atoms with van der Waals surface area (Å²) >= 11 is 1.26. The fraction of sp³-hybridized carbons (Fsp3) is 0.478. The number of nitrogens with zero attached hydrogens (tertiary/aromatic N) is 1. The first-order valence-corrected chi connectivity index (χ1v) is 13.5. The zero-order valence-corrected chi connectivity index (χ0v) is 20.4. The third-order valence-corrected chi connectivity index (χ3v) is 9.82. The summed E-state index contributed by atoms with van der Waals surface area (Å²) in [5, 5.41) is 5.72. The van der Waals surface area contributed by atoms with Crippen molar-refractivity contribution in [3.8, 4) is 5.75 Å². The minimum absolute atomic E-state index is 0.0719. The second-order valence-electron chi connectivity index (χ2n) is 8.39. The number of amides is 2. The van der Waals surface area contributed by atoms with Crippen LogP contribution in [0.1, 0.15) is 47.0 Å². The van der Waals surface area contributed by atoms with Crippen molar-refractivity contribution in [3.63, 3.8) is 0 Å². The first-order valence-electron chi connectivity index (χ1n) is 11.2. The van der Waals surface area contributed by atoms with Crippen LogP contribution in [0.3, 0.4) is 0 Å². The van der Waals surface area contributed by atoms with Gasteiger partial charge in [-0.15, -0.1) is 11.3 Å². The summed E-state index contributed by atoms with van der Waals surface area (Å²) in [6, 6.07) is 7.80. The molecule has 1 aromatic carbocycles. The number of ether oxygens (including phenoxy) is 1. The molecule has 2 aliphatic rings. The van der Waals surface area contributed by atoms with Crippen molar-refractivity contribution in [3.05, 3.63) is 46.3 Å². The van der Waals surface area contributed by atoms with E-state index in [2.05, 4.69) is 10.6 Å². The van der Waals surface area contributed by atoms with Gasteiger partial charge in [-0.25, -0.2) is 8.42 Å². The smallest absolute Gasteiger partial charge is 0.253 e. The molecule has 0 unspecified atom stereocenters. The van der Waals surface area contributed by atoms with Crippen molar-refractivity contribution in [1.82, 2.24) is 14.9 Å². The van der Waals surface area contributed by atoms with Crippen molar-refractivity contribution in [2.24, 2.45) is 0 Å². The third-order valence-electron chi connectivity index (χ3n) is 6.12. The number of aryl methyl sites for hydroxylation is 2. The number of rotatable bonds is 3. The lowest BCUT2D eigenvalue weighted by Gasteiger charge is -2.29. The zero-order valence-electron chi connectivity index (χ0n) is 18.8. The van der Waals surface area contributed by atoms with Crippen molar-refractivity contribution in [2.75, 3.05) is 19.7 Å². The van der Waals surface area contributed by atoms with E-state index in [1.165, 1.54) is 15.6 Å². The summed E-state index contributed by atoms with van der Waals surface area (Å²) in [5.74, 6) is 0.0882. The van der Waals surface area contributed by atoms with Gasteiger partial charge in [-0.2, -0.15) is 4.31 Å². The number of carbonyl (C=O) groups excluding carboxylic acids is 2. The Morgan fingerprint density at radius 2 is 1.91 bits per heavy atom. The molecule has 2 atom stereocenters. The Hall–Kier alpha value is -2.43. The van der Waals surface area contributed by atoms with Crippen LogP contribution in [0.25, 0.3) is 0 Å². The van der Waals surface area contributed by atoms with Gasteiger partial charge in [-0.3, -0.25) is 9.59 Å². The van der Waals surface area contributed by atoms with E-state index in [4.69, 9.17) is 4.74 Å². The molecular weight excluding hydrogens is 462 g/mol. The molecular formula is C23H29N3O5S2. The maximum Gasteiger partial charge on any atom is 0.253 e. The molecule has 8 nitrogen and oxygen atoms in total. The molecule has 3 heterocycles. The number of thiophene rings is 1. The zero-order chi connectivity index (χ0) is 23.6. The van der Waals surface area contributed by atoms with Crippen LogP contribution in [0.2, 0.25) is 0 Å². The normalized spacial score (nSPS) is 22.6. The van der Waals surface area contributed by atoms with E-state index in [0.29, 0.717) is 30.7 Å². The summed E-state index contributed by atoms with van der Waals surface area (Å²) < 4.78 is 34.7. The van der Waals surface area contributed by atoms with Gasteiger partial charge in [0.15, 0.2) is 0 Å². The van der Waals surface area contributed by atoms with Crippen LogP contribution in [0, 0.1) is 6.92 Å². The van der Waals surface area contributed by atoms with Crippen LogP contribution in [0.5, 0.6) is 5.75 Å². The topological polar surface area (TPSA) is 105 Å². The van der Waals surface area contributed by atoms with E-state index in [-0.39, 0.29) is 35.6 Å². The van der Waals surface area contributed by atoms with Crippen molar-refractivity contribution < 1.29 is 22.7 Å². The first kappa shape index (κ1) is 23.7. The van der Waals surface area contributed by atoms with Gasteiger partial charge in [0.2, 0.25) is 5.91 Å². The minimum atomic E-state index is -3.80. The molecule has 0 aliphatic carbocycles. The van der Waals surface area contributed by atoms with Gasteiger partial charge in [0.1, 0.15) is 16.6 Å². The molecule has 2 aliphatic heterocycles. The van der Waals surface area contributed by atoms with Crippen LogP contribution in [0.15, 0.2) is 34.5 Å². The molecule has 2 amide bonds. The molecule has 1 aromatic heterocycles. The van der Waals surface area contributed by atoms with Crippen molar-refractivity contribution in [2.45, 2.75) is 55.8 Å². The molecule has 4 bridgehead atoms. The van der Waals surface area contributed by atoms with Crippen molar-refractivity contribution >= 4 is 33.2 Å². The van der Waals surface area contributed by atoms with E-state index in [1.807, 2.05) is 26.0 Å². The summed E-state index contributed by atoms with van der Waals surface area (Å²) in [6.45, 7) is 4.59. The van der Waals surface area contributed by atoms with Gasteiger partial charge >= 0.3 is 0 Å². The SMILES string of the molecule is CCc1ccc(S(=O)(=O)N2[C@@H]3CC[C@H]2CC(=O)NCCOc2cc(ccc2C)C(=O)NC3)s1. The predicted octanol–water partition coefficient (Wildman–Crippen LogP) is 2.47. The van der Waals surface area contributed by atoms with Crippen LogP contribution in [-0.4, -0.2) is 56.3 Å². The highest BCUT2D eigenvalue weighted by Gasteiger charge is 2.43. The van der Waals surface area contributed by atoms with Gasteiger partial charge in [0.25, 0.3) is 15.9 Å². The maximum absolute atomic E-state index is 13.6. The van der Waals surface area contributed by atoms with Crippen LogP contribution >= 0.6 is 11.3 Å². The van der Waals surface area contributed by atoms with E-state index in [0.717, 1.165) is 16.9 Å². The number of benzene rings is 1. The Bertz CT molecular complexity index is 1140. The largest absolute Gasteiger partial charge is 0.491 e. The average molecular weight is 492 g/mol. The van der Waals surface area contributed by atoms with E-state index in [9.17, 15) is 18.0 Å². The number of hydrogen-bond acceptors (Lipinski definition) is 6. The number of nitrogens with one attached hydrogen (secondary N) is 2. The number of carbonyl (C=O) groups is 2. The molecule has 2 N–H and O–H groups in total. The monoisotopic (exact) mass is 491 g/mol. The third kappa shape index (κ3) is 5.07. The lowest BCUT2D eigenvalue weighted by Crippen LogP contribution is -2.47. The highest BCUT2D eigenvalue weighted by atomic mass is 32.2. The van der Waals surface area contributed by atoms with Gasteiger partial charge < -0.3 is 15.4 Å². The standard InChI is InChI=1S/C23H29N3O5S2/c1-3-19-8-9-22(32-19)33(29,30)26-17-6-7-18(26)14-25-23(28)16-5-4-15(2)20(12-16)31-11-10-24-21(27)13-17/h4-5,8-9,12,17-18H,3,6-7,10-11,13-14H2,1-2H3,(H,24,27)(H,25,28)/t17-,18+/m0/s1. The van der Waals surface area contributed by atoms with Gasteiger partial charge in [0, 0.05) is 35.5 Å². The molecule has 1 fully saturated rings. The Labute approximate surface area is 198 Å². The second kappa shape index (κ2) is 9.82. The molecule has 0 spiro atoms. The van der Waals surface area contributed by atoms with Crippen LogP contribution < -0.4 is 15.4 Å². The number of fused-ring (bicyclic) bond motifs is 4. The number of hydrogen-bond donors (Lipinski definition) is 2. The van der Waals surface area contributed by atoms with E-state index in [1.54, 1.807) is 18.2 Å². The van der Waals surface area contributed by atoms with E-state index < -0.39 is 22.1 Å². The molecule has 33 heavy (non-hydrogen) atoms. The van der Waals surface area contributed by atoms with Crippen LogP contribution in [-0.2, 0) is 21.2 Å². The lowest BCUT2D eigenvalue weighted by molar-refractivity contribution is -0.121. The maximum atomic E-state index is 13.6. The van der Waals surface area contributed by atoms with Crippen LogP contribution in [0.4, 0.5) is 0 Å². The minimum Gasteiger partial charge on any atom is -0.491 e. The lowest BCUT2D eigenvalue weighted by atomic mass is 10.1. The summed E-state index contributed by atoms with van der Waals surface area (Å²) in [7, 11) is -3.80. The Morgan fingerprint density at radius 3 is 2.67 bits per heavy atom. The highest BCUT2D eigenvalue weighted by Crippen LogP contribution is 2.35. The predicted molar refractivity (Wildman–Crippen MR) is 126 cm³/mol. The molecule has 2 aromatic rings. The quantitative estimate of drug-likeness (QED) is 0.686. The summed E-state index contributed by atoms with van der Waals surface area (Å²) in [6.07, 6.45) is 1.96. The molecule has 0 saturated carbocycles. The first-order chi connectivity index (χ1) is 15.8.